The van der Waals surface area contributed by atoms with Gasteiger partial charge in [-0.1, -0.05) is 18.6 Å². The third kappa shape index (κ3) is 9.63. The SMILES string of the molecule is Cc1cccc(S(=O)(=O)Nc2ccc(N3CCC(CCN4CCCCC4)CC3)c(C(=O)O)c2)c1.O=C(O)C(F)(F)F. The second-order valence-electron chi connectivity index (χ2n) is 10.4. The van der Waals surface area contributed by atoms with E-state index in [1.54, 1.807) is 24.3 Å². The molecule has 2 aromatic carbocycles. The highest BCUT2D eigenvalue weighted by Gasteiger charge is 2.38. The van der Waals surface area contributed by atoms with Crippen LogP contribution in [0, 0.1) is 12.8 Å². The number of sulfonamides is 1. The van der Waals surface area contributed by atoms with E-state index >= 15 is 0 Å². The van der Waals surface area contributed by atoms with E-state index in [9.17, 15) is 31.5 Å². The normalized spacial score (nSPS) is 16.9. The Hall–Kier alpha value is -3.32. The smallest absolute Gasteiger partial charge is 0.478 e. The molecule has 41 heavy (non-hydrogen) atoms. The molecule has 0 radical (unpaired) electrons. The summed E-state index contributed by atoms with van der Waals surface area (Å²) >= 11 is 0. The topological polar surface area (TPSA) is 127 Å². The molecule has 2 aliphatic heterocycles. The average molecular weight is 600 g/mol. The highest BCUT2D eigenvalue weighted by atomic mass is 32.2. The van der Waals surface area contributed by atoms with Crippen molar-refractivity contribution in [2.24, 2.45) is 5.92 Å². The Bertz CT molecular complexity index is 1310. The van der Waals surface area contributed by atoms with E-state index in [4.69, 9.17) is 9.90 Å². The summed E-state index contributed by atoms with van der Waals surface area (Å²) in [7, 11) is -3.80. The maximum atomic E-state index is 12.8. The van der Waals surface area contributed by atoms with Crippen LogP contribution >= 0.6 is 0 Å². The number of carboxylic acids is 2. The number of rotatable bonds is 8. The van der Waals surface area contributed by atoms with Crippen molar-refractivity contribution in [3.8, 4) is 0 Å². The van der Waals surface area contributed by atoms with E-state index in [1.165, 1.54) is 57.5 Å². The van der Waals surface area contributed by atoms with Crippen molar-refractivity contribution < 1.29 is 41.4 Å². The number of hydrogen-bond acceptors (Lipinski definition) is 6. The zero-order chi connectivity index (χ0) is 30.2. The van der Waals surface area contributed by atoms with E-state index < -0.39 is 28.1 Å². The van der Waals surface area contributed by atoms with Gasteiger partial charge in [0, 0.05) is 18.8 Å². The van der Waals surface area contributed by atoms with Crippen LogP contribution in [0.2, 0.25) is 0 Å². The first-order chi connectivity index (χ1) is 19.3. The number of carboxylic acid groups (broad SMARTS) is 2. The van der Waals surface area contributed by atoms with Gasteiger partial charge in [0.25, 0.3) is 10.0 Å². The molecule has 0 unspecified atom stereocenters. The Morgan fingerprint density at radius 1 is 0.976 bits per heavy atom. The van der Waals surface area contributed by atoms with Gasteiger partial charge < -0.3 is 20.0 Å². The quantitative estimate of drug-likeness (QED) is 0.377. The van der Waals surface area contributed by atoms with Crippen molar-refractivity contribution in [2.45, 2.75) is 56.5 Å². The Morgan fingerprint density at radius 2 is 1.61 bits per heavy atom. The third-order valence-corrected chi connectivity index (χ3v) is 8.66. The first-order valence-corrected chi connectivity index (χ1v) is 15.0. The molecule has 2 aromatic rings. The highest BCUT2D eigenvalue weighted by molar-refractivity contribution is 7.92. The number of nitrogens with zero attached hydrogens (tertiary/aromatic N) is 2. The molecule has 226 valence electrons. The monoisotopic (exact) mass is 599 g/mol. The fraction of sp³-hybridized carbons (Fsp3) is 0.500. The third-order valence-electron chi connectivity index (χ3n) is 7.28. The summed E-state index contributed by atoms with van der Waals surface area (Å²) in [6.45, 7) is 7.08. The molecule has 2 aliphatic rings. The van der Waals surface area contributed by atoms with Crippen LogP contribution < -0.4 is 9.62 Å². The molecular formula is C28H36F3N3O6S. The Labute approximate surface area is 238 Å². The minimum Gasteiger partial charge on any atom is -0.478 e. The van der Waals surface area contributed by atoms with Crippen LogP contribution in [-0.4, -0.2) is 74.4 Å². The number of carbonyl (C=O) groups is 2. The standard InChI is InChI=1S/C26H35N3O4S.C2HF3O2/c1-20-6-5-7-23(18-20)34(32,33)27-22-8-9-25(24(19-22)26(30)31)29-16-11-21(12-17-29)10-15-28-13-3-2-4-14-28;3-2(4,5)1(6)7/h5-9,18-19,21,27H,2-4,10-17H2,1H3,(H,30,31);(H,6,7). The van der Waals surface area contributed by atoms with Gasteiger partial charge in [-0.25, -0.2) is 18.0 Å². The molecule has 3 N–H and O–H groups in total. The summed E-state index contributed by atoms with van der Waals surface area (Å²) in [5, 5.41) is 17.0. The number of nitrogens with one attached hydrogen (secondary N) is 1. The molecule has 2 heterocycles. The predicted molar refractivity (Wildman–Crippen MR) is 149 cm³/mol. The molecule has 13 heteroatoms. The largest absolute Gasteiger partial charge is 0.490 e. The van der Waals surface area contributed by atoms with Gasteiger partial charge in [-0.2, -0.15) is 13.2 Å². The second kappa shape index (κ2) is 14.0. The van der Waals surface area contributed by atoms with Crippen molar-refractivity contribution in [2.75, 3.05) is 42.3 Å². The lowest BCUT2D eigenvalue weighted by molar-refractivity contribution is -0.192. The molecule has 2 fully saturated rings. The predicted octanol–water partition coefficient (Wildman–Crippen LogP) is 5.22. The second-order valence-corrected chi connectivity index (χ2v) is 12.1. The van der Waals surface area contributed by atoms with Crippen LogP contribution in [-0.2, 0) is 14.8 Å². The van der Waals surface area contributed by atoms with Crippen molar-refractivity contribution in [1.29, 1.82) is 0 Å². The molecular weight excluding hydrogens is 563 g/mol. The van der Waals surface area contributed by atoms with Crippen LogP contribution in [0.15, 0.2) is 47.4 Å². The van der Waals surface area contributed by atoms with Crippen LogP contribution in [0.1, 0.15) is 54.4 Å². The van der Waals surface area contributed by atoms with Gasteiger partial charge in [0.05, 0.1) is 16.1 Å². The fourth-order valence-electron chi connectivity index (χ4n) is 5.05. The van der Waals surface area contributed by atoms with Gasteiger partial charge in [-0.05, 0) is 100 Å². The lowest BCUT2D eigenvalue weighted by atomic mass is 9.92. The van der Waals surface area contributed by atoms with Crippen LogP contribution in [0.25, 0.3) is 0 Å². The van der Waals surface area contributed by atoms with Crippen LogP contribution in [0.3, 0.4) is 0 Å². The number of anilines is 2. The van der Waals surface area contributed by atoms with E-state index in [2.05, 4.69) is 14.5 Å². The number of hydrogen-bond donors (Lipinski definition) is 3. The molecule has 9 nitrogen and oxygen atoms in total. The van der Waals surface area contributed by atoms with Gasteiger partial charge in [-0.3, -0.25) is 4.72 Å². The number of alkyl halides is 3. The maximum Gasteiger partial charge on any atom is 0.490 e. The molecule has 0 aromatic heterocycles. The number of aryl methyl sites for hydroxylation is 1. The summed E-state index contributed by atoms with van der Waals surface area (Å²) in [5.74, 6) is -3.14. The zero-order valence-corrected chi connectivity index (χ0v) is 23.7. The summed E-state index contributed by atoms with van der Waals surface area (Å²) in [4.78, 5) is 25.8. The summed E-state index contributed by atoms with van der Waals surface area (Å²) in [5.41, 5.74) is 1.86. The van der Waals surface area contributed by atoms with E-state index in [1.807, 2.05) is 13.0 Å². The van der Waals surface area contributed by atoms with Gasteiger partial charge in [0.15, 0.2) is 0 Å². The Balaban J connectivity index is 0.000000587. The van der Waals surface area contributed by atoms with Crippen molar-refractivity contribution in [3.05, 3.63) is 53.6 Å². The minimum absolute atomic E-state index is 0.121. The molecule has 0 saturated carbocycles. The zero-order valence-electron chi connectivity index (χ0n) is 22.9. The lowest BCUT2D eigenvalue weighted by Gasteiger charge is -2.35. The van der Waals surface area contributed by atoms with Crippen LogP contribution in [0.4, 0.5) is 24.5 Å². The first-order valence-electron chi connectivity index (χ1n) is 13.5. The molecule has 0 spiro atoms. The molecule has 0 aliphatic carbocycles. The van der Waals surface area contributed by atoms with E-state index in [0.29, 0.717) is 11.6 Å². The van der Waals surface area contributed by atoms with Gasteiger partial charge in [-0.15, -0.1) is 0 Å². The summed E-state index contributed by atoms with van der Waals surface area (Å²) in [6, 6.07) is 11.4. The Kier molecular flexibility index (Phi) is 11.0. The number of aliphatic carboxylic acids is 1. The molecule has 2 saturated heterocycles. The maximum absolute atomic E-state index is 12.8. The number of aromatic carboxylic acids is 1. The van der Waals surface area contributed by atoms with Gasteiger partial charge in [0.1, 0.15) is 0 Å². The first kappa shape index (κ1) is 32.2. The Morgan fingerprint density at radius 3 is 2.17 bits per heavy atom. The molecule has 0 amide bonds. The van der Waals surface area contributed by atoms with E-state index in [-0.39, 0.29) is 16.1 Å². The summed E-state index contributed by atoms with van der Waals surface area (Å²) in [6.07, 6.45) is 2.21. The fourth-order valence-corrected chi connectivity index (χ4v) is 6.21. The van der Waals surface area contributed by atoms with Gasteiger partial charge >= 0.3 is 18.1 Å². The van der Waals surface area contributed by atoms with Crippen molar-refractivity contribution in [3.63, 3.8) is 0 Å². The van der Waals surface area contributed by atoms with Gasteiger partial charge in [0.2, 0.25) is 0 Å². The average Bonchev–Trinajstić information content (AvgIpc) is 2.92. The number of piperidine rings is 2. The number of likely N-dealkylation sites (tertiary alicyclic amines) is 1. The molecule has 0 atom stereocenters. The summed E-state index contributed by atoms with van der Waals surface area (Å²) < 4.78 is 59.8. The lowest BCUT2D eigenvalue weighted by Crippen LogP contribution is -2.37. The van der Waals surface area contributed by atoms with Crippen molar-refractivity contribution >= 4 is 33.3 Å². The molecule has 0 bridgehead atoms. The number of halogens is 3. The highest BCUT2D eigenvalue weighted by Crippen LogP contribution is 2.31. The molecule has 4 rings (SSSR count). The van der Waals surface area contributed by atoms with Crippen LogP contribution in [0.5, 0.6) is 0 Å². The van der Waals surface area contributed by atoms with E-state index in [0.717, 1.165) is 31.5 Å². The minimum atomic E-state index is -5.08. The van der Waals surface area contributed by atoms with Crippen molar-refractivity contribution in [1.82, 2.24) is 4.90 Å². The number of benzene rings is 2.